The Labute approximate surface area is 130 Å². The van der Waals surface area contributed by atoms with Crippen LogP contribution in [0.4, 0.5) is 0 Å². The minimum Gasteiger partial charge on any atom is -0.378 e. The van der Waals surface area contributed by atoms with Crippen molar-refractivity contribution in [1.29, 1.82) is 0 Å². The summed E-state index contributed by atoms with van der Waals surface area (Å²) in [5, 5.41) is 3.29. The van der Waals surface area contributed by atoms with Crippen LogP contribution in [-0.2, 0) is 16.0 Å². The quantitative estimate of drug-likeness (QED) is 0.809. The highest BCUT2D eigenvalue weighted by Gasteiger charge is 2.40. The molecule has 21 heavy (non-hydrogen) atoms. The van der Waals surface area contributed by atoms with Crippen molar-refractivity contribution in [2.75, 3.05) is 19.8 Å². The van der Waals surface area contributed by atoms with Crippen molar-refractivity contribution in [2.45, 2.75) is 56.9 Å². The van der Waals surface area contributed by atoms with Crippen LogP contribution in [0, 0.1) is 5.92 Å². The van der Waals surface area contributed by atoms with Crippen LogP contribution >= 0.6 is 11.3 Å². The maximum atomic E-state index is 6.28. The second-order valence-corrected chi connectivity index (χ2v) is 7.59. The molecule has 0 N–H and O–H groups in total. The molecule has 3 fully saturated rings. The second kappa shape index (κ2) is 6.32. The zero-order chi connectivity index (χ0) is 14.1. The Hall–Kier alpha value is -0.490. The number of nitrogens with zero attached hydrogens (tertiary/aromatic N) is 2. The third-order valence-corrected chi connectivity index (χ3v) is 5.69. The van der Waals surface area contributed by atoms with Crippen LogP contribution in [0.2, 0.25) is 0 Å². The van der Waals surface area contributed by atoms with Crippen LogP contribution in [0.5, 0.6) is 0 Å². The van der Waals surface area contributed by atoms with Gasteiger partial charge in [-0.1, -0.05) is 0 Å². The lowest BCUT2D eigenvalue weighted by Gasteiger charge is -2.35. The number of ether oxygens (including phenoxy) is 2. The summed E-state index contributed by atoms with van der Waals surface area (Å²) in [6, 6.07) is 0.591. The number of hydrogen-bond donors (Lipinski definition) is 0. The first-order valence-corrected chi connectivity index (χ1v) is 9.12. The zero-order valence-electron chi connectivity index (χ0n) is 12.4. The average Bonchev–Trinajstić information content (AvgIpc) is 3.03. The Morgan fingerprint density at radius 3 is 3.00 bits per heavy atom. The van der Waals surface area contributed by atoms with Crippen molar-refractivity contribution in [3.63, 3.8) is 0 Å². The van der Waals surface area contributed by atoms with Gasteiger partial charge < -0.3 is 9.47 Å². The molecule has 0 radical (unpaired) electrons. The molecular weight excluding hydrogens is 284 g/mol. The van der Waals surface area contributed by atoms with Gasteiger partial charge >= 0.3 is 0 Å². The maximum absolute atomic E-state index is 6.28. The third-order valence-electron chi connectivity index (χ3n) is 4.93. The summed E-state index contributed by atoms with van der Waals surface area (Å²) in [6.07, 6.45) is 8.91. The number of aromatic nitrogens is 1. The first kappa shape index (κ1) is 14.1. The first-order valence-electron chi connectivity index (χ1n) is 8.24. The molecule has 2 saturated heterocycles. The number of rotatable bonds is 6. The van der Waals surface area contributed by atoms with Crippen LogP contribution in [0.3, 0.4) is 0 Å². The molecule has 2 aliphatic heterocycles. The smallest absolute Gasteiger partial charge is 0.107 e. The molecule has 1 aliphatic carbocycles. The van der Waals surface area contributed by atoms with Gasteiger partial charge in [0.1, 0.15) is 5.01 Å². The van der Waals surface area contributed by atoms with Gasteiger partial charge in [-0.25, -0.2) is 4.98 Å². The molecule has 0 spiro atoms. The lowest BCUT2D eigenvalue weighted by molar-refractivity contribution is -0.101. The van der Waals surface area contributed by atoms with E-state index in [-0.39, 0.29) is 0 Å². The van der Waals surface area contributed by atoms with Crippen LogP contribution in [-0.4, -0.2) is 47.9 Å². The second-order valence-electron chi connectivity index (χ2n) is 6.61. The Bertz CT molecular complexity index is 449. The normalized spacial score (nSPS) is 33.2. The van der Waals surface area contributed by atoms with Crippen molar-refractivity contribution >= 4 is 11.3 Å². The summed E-state index contributed by atoms with van der Waals surface area (Å²) in [4.78, 5) is 6.97. The van der Waals surface area contributed by atoms with Crippen LogP contribution in [0.25, 0.3) is 0 Å². The predicted octanol–water partition coefficient (Wildman–Crippen LogP) is 2.69. The van der Waals surface area contributed by atoms with E-state index in [4.69, 9.17) is 9.47 Å². The Morgan fingerprint density at radius 2 is 2.19 bits per heavy atom. The topological polar surface area (TPSA) is 34.6 Å². The molecule has 3 aliphatic rings. The molecule has 4 nitrogen and oxygen atoms in total. The fourth-order valence-corrected chi connectivity index (χ4v) is 4.20. The van der Waals surface area contributed by atoms with Gasteiger partial charge in [0.15, 0.2) is 0 Å². The number of likely N-dealkylation sites (tertiary alicyclic amines) is 1. The van der Waals surface area contributed by atoms with E-state index in [9.17, 15) is 0 Å². The molecule has 3 heterocycles. The van der Waals surface area contributed by atoms with E-state index in [1.54, 1.807) is 11.3 Å². The minimum absolute atomic E-state index is 0.324. The lowest BCUT2D eigenvalue weighted by Crippen LogP contribution is -2.43. The van der Waals surface area contributed by atoms with Crippen LogP contribution < -0.4 is 0 Å². The molecular formula is C16H24N2O2S. The SMILES string of the molecule is c1csc(CN2CC[C@@H]3O[C@H](COCC4CC4)CC[C@@H]32)n1. The van der Waals surface area contributed by atoms with Gasteiger partial charge in [0.25, 0.3) is 0 Å². The molecule has 116 valence electrons. The molecule has 1 aromatic heterocycles. The maximum Gasteiger partial charge on any atom is 0.107 e. The highest BCUT2D eigenvalue weighted by molar-refractivity contribution is 7.09. The molecule has 0 bridgehead atoms. The summed E-state index contributed by atoms with van der Waals surface area (Å²) in [5.41, 5.74) is 0. The molecule has 1 saturated carbocycles. The van der Waals surface area contributed by atoms with Gasteiger partial charge in [-0.3, -0.25) is 4.90 Å². The third kappa shape index (κ3) is 3.47. The Morgan fingerprint density at radius 1 is 1.24 bits per heavy atom. The van der Waals surface area contributed by atoms with Gasteiger partial charge in [-0.2, -0.15) is 0 Å². The van der Waals surface area contributed by atoms with Crippen molar-refractivity contribution in [1.82, 2.24) is 9.88 Å². The first-order chi connectivity index (χ1) is 10.4. The van der Waals surface area contributed by atoms with E-state index in [2.05, 4.69) is 15.3 Å². The molecule has 5 heteroatoms. The number of hydrogen-bond acceptors (Lipinski definition) is 5. The van der Waals surface area contributed by atoms with Crippen molar-refractivity contribution in [2.24, 2.45) is 5.92 Å². The monoisotopic (exact) mass is 308 g/mol. The molecule has 3 atom stereocenters. The highest BCUT2D eigenvalue weighted by atomic mass is 32.1. The van der Waals surface area contributed by atoms with Gasteiger partial charge in [-0.05, 0) is 38.0 Å². The van der Waals surface area contributed by atoms with Gasteiger partial charge in [-0.15, -0.1) is 11.3 Å². The van der Waals surface area contributed by atoms with E-state index in [0.717, 1.165) is 45.1 Å². The fraction of sp³-hybridized carbons (Fsp3) is 0.812. The summed E-state index contributed by atoms with van der Waals surface area (Å²) in [7, 11) is 0. The number of fused-ring (bicyclic) bond motifs is 1. The minimum atomic E-state index is 0.324. The van der Waals surface area contributed by atoms with Crippen molar-refractivity contribution in [3.05, 3.63) is 16.6 Å². The summed E-state index contributed by atoms with van der Waals surface area (Å²) in [6.45, 7) is 3.88. The van der Waals surface area contributed by atoms with Crippen molar-refractivity contribution in [3.8, 4) is 0 Å². The van der Waals surface area contributed by atoms with E-state index < -0.39 is 0 Å². The van der Waals surface area contributed by atoms with E-state index in [0.29, 0.717) is 18.2 Å². The highest BCUT2D eigenvalue weighted by Crippen LogP contribution is 2.33. The Balaban J connectivity index is 1.25. The van der Waals surface area contributed by atoms with E-state index >= 15 is 0 Å². The average molecular weight is 308 g/mol. The van der Waals surface area contributed by atoms with E-state index in [1.807, 2.05) is 6.20 Å². The largest absolute Gasteiger partial charge is 0.378 e. The summed E-state index contributed by atoms with van der Waals surface area (Å²) < 4.78 is 12.1. The number of thiazole rings is 1. The van der Waals surface area contributed by atoms with Crippen LogP contribution in [0.15, 0.2) is 11.6 Å². The Kier molecular flexibility index (Phi) is 4.25. The van der Waals surface area contributed by atoms with Crippen LogP contribution in [0.1, 0.15) is 37.1 Å². The fourth-order valence-electron chi connectivity index (χ4n) is 3.56. The summed E-state index contributed by atoms with van der Waals surface area (Å²) >= 11 is 1.76. The summed E-state index contributed by atoms with van der Waals surface area (Å²) in [5.74, 6) is 0.849. The zero-order valence-corrected chi connectivity index (χ0v) is 13.3. The van der Waals surface area contributed by atoms with Gasteiger partial charge in [0.2, 0.25) is 0 Å². The molecule has 1 aromatic rings. The predicted molar refractivity (Wildman–Crippen MR) is 82.4 cm³/mol. The van der Waals surface area contributed by atoms with Gasteiger partial charge in [0, 0.05) is 30.8 Å². The van der Waals surface area contributed by atoms with Gasteiger partial charge in [0.05, 0.1) is 25.4 Å². The van der Waals surface area contributed by atoms with Crippen molar-refractivity contribution < 1.29 is 9.47 Å². The molecule has 0 unspecified atom stereocenters. The molecule has 0 amide bonds. The molecule has 0 aromatic carbocycles. The lowest BCUT2D eigenvalue weighted by atomic mass is 9.99. The standard InChI is InChI=1S/C16H24N2O2S/c1-2-12(1)10-19-11-13-3-4-14-15(20-13)5-7-18(14)9-16-17-6-8-21-16/h6,8,12-15H,1-5,7,9-11H2/t13-,14-,15-/m0/s1. The van der Waals surface area contributed by atoms with E-state index in [1.165, 1.54) is 24.3 Å². The molecule has 4 rings (SSSR count).